The van der Waals surface area contributed by atoms with Gasteiger partial charge in [-0.05, 0) is 48.4 Å². The lowest BCUT2D eigenvalue weighted by molar-refractivity contribution is -0.137. The van der Waals surface area contributed by atoms with Crippen LogP contribution in [0.15, 0.2) is 48.8 Å². The normalized spacial score (nSPS) is 12.3. The first-order valence-corrected chi connectivity index (χ1v) is 12.3. The van der Waals surface area contributed by atoms with Crippen molar-refractivity contribution in [2.45, 2.75) is 19.5 Å². The summed E-state index contributed by atoms with van der Waals surface area (Å²) in [5.74, 6) is -3.24. The fourth-order valence-corrected chi connectivity index (χ4v) is 4.24. The standard InChI is InChI=1S/C27H24F5N7O3/c1-3-13(11-42-2)22(33)24(40)21-10-16(23-25(34)35-12-36-39(21)23)14-4-7-19(18(29)8-14)37-26(41)38-20-9-15(27(30,31)32)5-6-17(20)28/h4-10,12-13,33H,3,11H2,1-2H3,(H2,34,35,36)(H2,37,38,41). The summed E-state index contributed by atoms with van der Waals surface area (Å²) < 4.78 is 74.3. The predicted octanol–water partition coefficient (Wildman–Crippen LogP) is 5.79. The maximum absolute atomic E-state index is 15.1. The van der Waals surface area contributed by atoms with E-state index in [-0.39, 0.29) is 46.2 Å². The summed E-state index contributed by atoms with van der Waals surface area (Å²) >= 11 is 0. The van der Waals surface area contributed by atoms with E-state index in [4.69, 9.17) is 15.9 Å². The number of alkyl halides is 3. The van der Waals surface area contributed by atoms with Gasteiger partial charge in [0.2, 0.25) is 5.78 Å². The van der Waals surface area contributed by atoms with Crippen LogP contribution < -0.4 is 16.4 Å². The number of benzene rings is 2. The minimum absolute atomic E-state index is 0.0150. The smallest absolute Gasteiger partial charge is 0.384 e. The first-order chi connectivity index (χ1) is 19.8. The van der Waals surface area contributed by atoms with Crippen molar-refractivity contribution < 1.29 is 36.3 Å². The molecular formula is C27H24F5N7O3. The molecule has 2 heterocycles. The molecule has 2 aromatic carbocycles. The lowest BCUT2D eigenvalue weighted by atomic mass is 9.96. The van der Waals surface area contributed by atoms with E-state index < -0.39 is 46.8 Å². The average molecular weight is 590 g/mol. The first kappa shape index (κ1) is 30.0. The van der Waals surface area contributed by atoms with Crippen LogP contribution in [-0.4, -0.2) is 45.8 Å². The van der Waals surface area contributed by atoms with Crippen LogP contribution in [0.1, 0.15) is 29.4 Å². The predicted molar refractivity (Wildman–Crippen MR) is 145 cm³/mol. The molecule has 42 heavy (non-hydrogen) atoms. The summed E-state index contributed by atoms with van der Waals surface area (Å²) in [7, 11) is 1.46. The van der Waals surface area contributed by atoms with Crippen LogP contribution in [0.5, 0.6) is 0 Å². The summed E-state index contributed by atoms with van der Waals surface area (Å²) in [6.07, 6.45) is -3.18. The molecule has 4 rings (SSSR count). The zero-order valence-electron chi connectivity index (χ0n) is 22.1. The minimum Gasteiger partial charge on any atom is -0.384 e. The monoisotopic (exact) mass is 589 g/mol. The van der Waals surface area contributed by atoms with Crippen LogP contribution in [0, 0.1) is 23.0 Å². The lowest BCUT2D eigenvalue weighted by Crippen LogP contribution is -2.27. The van der Waals surface area contributed by atoms with Gasteiger partial charge >= 0.3 is 12.2 Å². The van der Waals surface area contributed by atoms with Crippen molar-refractivity contribution in [2.24, 2.45) is 5.92 Å². The van der Waals surface area contributed by atoms with E-state index in [1.54, 1.807) is 0 Å². The van der Waals surface area contributed by atoms with E-state index in [0.29, 0.717) is 24.6 Å². The number of nitrogens with zero attached hydrogens (tertiary/aromatic N) is 3. The number of carbonyl (C=O) groups is 2. The van der Waals surface area contributed by atoms with Gasteiger partial charge in [0.15, 0.2) is 5.82 Å². The Labute approximate surface area is 235 Å². The highest BCUT2D eigenvalue weighted by Gasteiger charge is 2.31. The first-order valence-electron chi connectivity index (χ1n) is 12.3. The van der Waals surface area contributed by atoms with Crippen LogP contribution in [0.3, 0.4) is 0 Å². The van der Waals surface area contributed by atoms with E-state index in [2.05, 4.69) is 15.4 Å². The zero-order chi connectivity index (χ0) is 30.8. The molecule has 2 amide bonds. The number of hydrogen-bond acceptors (Lipinski definition) is 7. The summed E-state index contributed by atoms with van der Waals surface area (Å²) in [4.78, 5) is 29.6. The van der Waals surface area contributed by atoms with E-state index >= 15 is 4.39 Å². The van der Waals surface area contributed by atoms with Crippen molar-refractivity contribution in [1.82, 2.24) is 14.6 Å². The molecule has 10 nitrogen and oxygen atoms in total. The number of Topliss-reactive ketones (excluding diaryl/α,β-unsaturated/α-hetero) is 1. The topological polar surface area (TPSA) is 147 Å². The molecule has 0 aliphatic heterocycles. The Balaban J connectivity index is 1.63. The molecule has 0 fully saturated rings. The fraction of sp³-hybridized carbons (Fsp3) is 0.222. The van der Waals surface area contributed by atoms with Crippen molar-refractivity contribution >= 4 is 40.2 Å². The van der Waals surface area contributed by atoms with E-state index in [1.165, 1.54) is 23.8 Å². The van der Waals surface area contributed by atoms with Gasteiger partial charge in [-0.15, -0.1) is 0 Å². The molecule has 0 saturated carbocycles. The number of rotatable bonds is 9. The quantitative estimate of drug-likeness (QED) is 0.110. The number of nitrogen functional groups attached to an aromatic ring is 1. The minimum atomic E-state index is -4.77. The average Bonchev–Trinajstić information content (AvgIpc) is 3.33. The molecule has 0 saturated heterocycles. The number of ketones is 1. The molecule has 0 bridgehead atoms. The van der Waals surface area contributed by atoms with E-state index in [9.17, 15) is 27.2 Å². The van der Waals surface area contributed by atoms with Crippen LogP contribution in [0.2, 0.25) is 0 Å². The van der Waals surface area contributed by atoms with Gasteiger partial charge in [-0.3, -0.25) is 4.79 Å². The fourth-order valence-electron chi connectivity index (χ4n) is 4.24. The highest BCUT2D eigenvalue weighted by atomic mass is 19.4. The van der Waals surface area contributed by atoms with Crippen LogP contribution in [-0.2, 0) is 10.9 Å². The van der Waals surface area contributed by atoms with Gasteiger partial charge in [-0.25, -0.2) is 23.1 Å². The third kappa shape index (κ3) is 6.05. The van der Waals surface area contributed by atoms with Crippen LogP contribution in [0.4, 0.5) is 43.9 Å². The molecule has 1 unspecified atom stereocenters. The molecule has 5 N–H and O–H groups in total. The highest BCUT2D eigenvalue weighted by molar-refractivity contribution is 6.45. The third-order valence-electron chi connectivity index (χ3n) is 6.40. The molecule has 0 aliphatic rings. The second-order valence-corrected chi connectivity index (χ2v) is 9.12. The number of nitrogens with two attached hydrogens (primary N) is 1. The Kier molecular flexibility index (Phi) is 8.51. The molecular weight excluding hydrogens is 565 g/mol. The highest BCUT2D eigenvalue weighted by Crippen LogP contribution is 2.34. The second kappa shape index (κ2) is 11.9. The van der Waals surface area contributed by atoms with E-state index in [1.807, 2.05) is 12.2 Å². The van der Waals surface area contributed by atoms with Gasteiger partial charge in [0, 0.05) is 18.6 Å². The van der Waals surface area contributed by atoms with Gasteiger partial charge in [0.05, 0.1) is 29.3 Å². The molecule has 1 atom stereocenters. The number of urea groups is 1. The number of carbonyl (C=O) groups excluding carboxylic acids is 2. The van der Waals surface area contributed by atoms with Crippen molar-refractivity contribution in [1.29, 1.82) is 5.41 Å². The lowest BCUT2D eigenvalue weighted by Gasteiger charge is -2.13. The Morgan fingerprint density at radius 2 is 1.79 bits per heavy atom. The number of halogens is 5. The number of fused-ring (bicyclic) bond motifs is 1. The van der Waals surface area contributed by atoms with Gasteiger partial charge < -0.3 is 26.5 Å². The van der Waals surface area contributed by atoms with Crippen molar-refractivity contribution in [2.75, 3.05) is 30.1 Å². The van der Waals surface area contributed by atoms with Crippen molar-refractivity contribution in [3.8, 4) is 11.1 Å². The Bertz CT molecular complexity index is 1690. The molecule has 0 spiro atoms. The molecule has 2 aromatic heterocycles. The maximum Gasteiger partial charge on any atom is 0.416 e. The molecule has 0 aliphatic carbocycles. The summed E-state index contributed by atoms with van der Waals surface area (Å²) in [6, 6.07) is 5.23. The SMILES string of the molecule is CCC(COC)C(=N)C(=O)c1cc(-c2ccc(NC(=O)Nc3cc(C(F)(F)F)ccc3F)c(F)c2)c2c(N)ncnn12. The number of hydrogen-bond donors (Lipinski definition) is 4. The van der Waals surface area contributed by atoms with Crippen LogP contribution in [0.25, 0.3) is 16.6 Å². The largest absolute Gasteiger partial charge is 0.416 e. The maximum atomic E-state index is 15.1. The van der Waals surface area contributed by atoms with Gasteiger partial charge in [-0.2, -0.15) is 18.3 Å². The Morgan fingerprint density at radius 3 is 2.43 bits per heavy atom. The Hall–Kier alpha value is -4.92. The summed E-state index contributed by atoms with van der Waals surface area (Å²) in [5, 5.41) is 16.5. The second-order valence-electron chi connectivity index (χ2n) is 9.12. The van der Waals surface area contributed by atoms with Crippen molar-refractivity contribution in [3.63, 3.8) is 0 Å². The van der Waals surface area contributed by atoms with Crippen molar-refractivity contribution in [3.05, 3.63) is 71.7 Å². The molecule has 0 radical (unpaired) electrons. The number of ether oxygens (including phenoxy) is 1. The van der Waals surface area contributed by atoms with E-state index in [0.717, 1.165) is 18.5 Å². The number of methoxy groups -OCH3 is 1. The van der Waals surface area contributed by atoms with Crippen LogP contribution >= 0.6 is 0 Å². The number of amides is 2. The van der Waals surface area contributed by atoms with Gasteiger partial charge in [-0.1, -0.05) is 13.0 Å². The zero-order valence-corrected chi connectivity index (χ0v) is 22.1. The number of aromatic nitrogens is 3. The molecule has 220 valence electrons. The summed E-state index contributed by atoms with van der Waals surface area (Å²) in [5.41, 5.74) is 4.15. The number of anilines is 3. The van der Waals surface area contributed by atoms with Gasteiger partial charge in [0.1, 0.15) is 29.2 Å². The molecule has 4 aromatic rings. The van der Waals surface area contributed by atoms with Gasteiger partial charge in [0.25, 0.3) is 0 Å². The number of nitrogens with one attached hydrogen (secondary N) is 3. The Morgan fingerprint density at radius 1 is 1.07 bits per heavy atom. The molecule has 15 heteroatoms. The summed E-state index contributed by atoms with van der Waals surface area (Å²) in [6.45, 7) is 1.96. The third-order valence-corrected chi connectivity index (χ3v) is 6.40.